The molecule has 0 spiro atoms. The molecule has 1 aliphatic heterocycles. The molecule has 0 saturated heterocycles. The van der Waals surface area contributed by atoms with E-state index in [1.165, 1.54) is 11.1 Å². The van der Waals surface area contributed by atoms with E-state index in [-0.39, 0.29) is 0 Å². The monoisotopic (exact) mass is 275 g/mol. The Balaban J connectivity index is 1.88. The first kappa shape index (κ1) is 12.3. The summed E-state index contributed by atoms with van der Waals surface area (Å²) in [5, 5.41) is 0. The second-order valence-corrected chi connectivity index (χ2v) is 5.49. The highest BCUT2D eigenvalue weighted by Crippen LogP contribution is 2.43. The van der Waals surface area contributed by atoms with Crippen LogP contribution < -0.4 is 4.74 Å². The van der Waals surface area contributed by atoms with E-state index in [1.807, 2.05) is 24.4 Å². The third kappa shape index (κ3) is 1.95. The molecule has 4 rings (SSSR count). The summed E-state index contributed by atoms with van der Waals surface area (Å²) in [4.78, 5) is 3.35. The molecule has 104 valence electrons. The van der Waals surface area contributed by atoms with Gasteiger partial charge in [-0.2, -0.15) is 0 Å². The molecule has 0 bridgehead atoms. The van der Waals surface area contributed by atoms with E-state index in [1.54, 1.807) is 0 Å². The third-order valence-corrected chi connectivity index (χ3v) is 4.28. The smallest absolute Gasteiger partial charge is 0.174 e. The molecule has 0 aliphatic carbocycles. The van der Waals surface area contributed by atoms with Crippen LogP contribution in [-0.4, -0.2) is 4.98 Å². The van der Waals surface area contributed by atoms with E-state index in [9.17, 15) is 0 Å². The van der Waals surface area contributed by atoms with Gasteiger partial charge in [-0.15, -0.1) is 0 Å². The van der Waals surface area contributed by atoms with Crippen LogP contribution in [0.25, 0.3) is 0 Å². The number of aryl methyl sites for hydroxylation is 1. The fourth-order valence-corrected chi connectivity index (χ4v) is 3.20. The Bertz CT molecular complexity index is 733. The molecule has 0 radical (unpaired) electrons. The van der Waals surface area contributed by atoms with Crippen molar-refractivity contribution in [1.29, 1.82) is 0 Å². The summed E-state index contributed by atoms with van der Waals surface area (Å²) < 4.78 is 6.52. The first-order chi connectivity index (χ1) is 10.4. The van der Waals surface area contributed by atoms with Crippen LogP contribution in [0.5, 0.6) is 5.75 Å². The molecule has 1 atom stereocenters. The predicted octanol–water partition coefficient (Wildman–Crippen LogP) is 4.28. The van der Waals surface area contributed by atoms with Crippen molar-refractivity contribution in [3.05, 3.63) is 89.7 Å². The first-order valence-corrected chi connectivity index (χ1v) is 7.35. The van der Waals surface area contributed by atoms with Crippen molar-refractivity contribution in [1.82, 2.24) is 4.98 Å². The molecule has 2 heteroatoms. The maximum absolute atomic E-state index is 6.52. The lowest BCUT2D eigenvalue weighted by atomic mass is 9.82. The normalized spacial score (nSPS) is 20.6. The highest BCUT2D eigenvalue weighted by Gasteiger charge is 2.40. The van der Waals surface area contributed by atoms with E-state index in [0.717, 1.165) is 24.3 Å². The molecule has 1 aromatic heterocycles. The average molecular weight is 275 g/mol. The summed E-state index contributed by atoms with van der Waals surface area (Å²) in [7, 11) is 0. The van der Waals surface area contributed by atoms with Gasteiger partial charge in [-0.3, -0.25) is 0 Å². The van der Waals surface area contributed by atoms with Gasteiger partial charge >= 0.3 is 0 Å². The van der Waals surface area contributed by atoms with Crippen LogP contribution in [0.4, 0.5) is 0 Å². The van der Waals surface area contributed by atoms with Crippen LogP contribution in [0.3, 0.4) is 0 Å². The Morgan fingerprint density at radius 2 is 1.67 bits per heavy atom. The van der Waals surface area contributed by atoms with Gasteiger partial charge in [0.1, 0.15) is 5.75 Å². The van der Waals surface area contributed by atoms with Crippen molar-refractivity contribution in [2.24, 2.45) is 0 Å². The van der Waals surface area contributed by atoms with Crippen molar-refractivity contribution >= 4 is 0 Å². The lowest BCUT2D eigenvalue weighted by Crippen LogP contribution is -2.38. The Kier molecular flexibility index (Phi) is 2.81. The van der Waals surface area contributed by atoms with Gasteiger partial charge in [0.15, 0.2) is 5.60 Å². The molecule has 2 nitrogen and oxygen atoms in total. The van der Waals surface area contributed by atoms with Gasteiger partial charge in [-0.1, -0.05) is 48.5 Å². The lowest BCUT2D eigenvalue weighted by Gasteiger charge is -2.38. The van der Waals surface area contributed by atoms with Crippen molar-refractivity contribution < 1.29 is 4.74 Å². The van der Waals surface area contributed by atoms with E-state index in [2.05, 4.69) is 53.5 Å². The molecule has 1 unspecified atom stereocenters. The van der Waals surface area contributed by atoms with Gasteiger partial charge in [0.25, 0.3) is 0 Å². The largest absolute Gasteiger partial charge is 0.476 e. The molecule has 0 fully saturated rings. The Hall–Kier alpha value is -2.48. The van der Waals surface area contributed by atoms with E-state index >= 15 is 0 Å². The summed E-state index contributed by atoms with van der Waals surface area (Å²) in [6.07, 6.45) is 3.92. The number of aromatic amines is 1. The third-order valence-electron chi connectivity index (χ3n) is 4.28. The number of para-hydroxylation sites is 1. The van der Waals surface area contributed by atoms with Crippen molar-refractivity contribution in [3.63, 3.8) is 0 Å². The minimum Gasteiger partial charge on any atom is -0.476 e. The number of rotatable bonds is 2. The van der Waals surface area contributed by atoms with Crippen LogP contribution in [0.15, 0.2) is 72.9 Å². The van der Waals surface area contributed by atoms with E-state index < -0.39 is 5.60 Å². The van der Waals surface area contributed by atoms with Crippen molar-refractivity contribution in [2.75, 3.05) is 0 Å². The minimum atomic E-state index is -0.418. The number of aromatic nitrogens is 1. The summed E-state index contributed by atoms with van der Waals surface area (Å²) in [5.74, 6) is 0.988. The number of fused-ring (bicyclic) bond motifs is 1. The van der Waals surface area contributed by atoms with Crippen LogP contribution >= 0.6 is 0 Å². The minimum absolute atomic E-state index is 0.418. The first-order valence-electron chi connectivity index (χ1n) is 7.35. The van der Waals surface area contributed by atoms with Gasteiger partial charge in [-0.25, -0.2) is 0 Å². The fraction of sp³-hybridized carbons (Fsp3) is 0.158. The molecule has 0 amide bonds. The summed E-state index contributed by atoms with van der Waals surface area (Å²) in [6.45, 7) is 0. The fourth-order valence-electron chi connectivity index (χ4n) is 3.20. The molecule has 3 aromatic rings. The molecule has 2 aromatic carbocycles. The highest BCUT2D eigenvalue weighted by atomic mass is 16.5. The van der Waals surface area contributed by atoms with Crippen LogP contribution in [0, 0.1) is 0 Å². The molecule has 21 heavy (non-hydrogen) atoms. The summed E-state index contributed by atoms with van der Waals surface area (Å²) in [6, 6.07) is 23.0. The summed E-state index contributed by atoms with van der Waals surface area (Å²) in [5.41, 5.74) is 3.18. The van der Waals surface area contributed by atoms with Gasteiger partial charge < -0.3 is 9.72 Å². The number of ether oxygens (including phenoxy) is 1. The van der Waals surface area contributed by atoms with Crippen molar-refractivity contribution in [3.8, 4) is 5.75 Å². The van der Waals surface area contributed by atoms with Crippen LogP contribution in [-0.2, 0) is 12.0 Å². The summed E-state index contributed by atoms with van der Waals surface area (Å²) >= 11 is 0. The van der Waals surface area contributed by atoms with Crippen LogP contribution in [0.1, 0.15) is 23.2 Å². The maximum Gasteiger partial charge on any atom is 0.174 e. The highest BCUT2D eigenvalue weighted by molar-refractivity contribution is 5.42. The molecule has 1 aliphatic rings. The topological polar surface area (TPSA) is 25.0 Å². The van der Waals surface area contributed by atoms with E-state index in [4.69, 9.17) is 4.74 Å². The van der Waals surface area contributed by atoms with Gasteiger partial charge in [0.2, 0.25) is 0 Å². The number of H-pyrrole nitrogens is 1. The predicted molar refractivity (Wildman–Crippen MR) is 83.4 cm³/mol. The zero-order chi connectivity index (χ0) is 14.1. The molecular formula is C19H17NO. The maximum atomic E-state index is 6.52. The van der Waals surface area contributed by atoms with Gasteiger partial charge in [-0.05, 0) is 30.2 Å². The molecule has 2 heterocycles. The molecule has 1 N–H and O–H groups in total. The number of benzene rings is 2. The Morgan fingerprint density at radius 3 is 2.48 bits per heavy atom. The zero-order valence-electron chi connectivity index (χ0n) is 11.8. The van der Waals surface area contributed by atoms with Gasteiger partial charge in [0, 0.05) is 18.2 Å². The number of hydrogen-bond acceptors (Lipinski definition) is 1. The Labute approximate surface area is 124 Å². The lowest BCUT2D eigenvalue weighted by molar-refractivity contribution is 0.0811. The molecular weight excluding hydrogens is 258 g/mol. The second kappa shape index (κ2) is 4.81. The van der Waals surface area contributed by atoms with E-state index in [0.29, 0.717) is 0 Å². The average Bonchev–Trinajstić information content (AvgIpc) is 3.10. The number of hydrogen-bond donors (Lipinski definition) is 1. The zero-order valence-corrected chi connectivity index (χ0v) is 11.8. The van der Waals surface area contributed by atoms with Gasteiger partial charge in [0.05, 0.1) is 5.69 Å². The quantitative estimate of drug-likeness (QED) is 0.741. The SMILES string of the molecule is c1ccc(C2(c3ccc[nH]3)CCc3ccccc3O2)cc1. The van der Waals surface area contributed by atoms with Crippen LogP contribution in [0.2, 0.25) is 0 Å². The second-order valence-electron chi connectivity index (χ2n) is 5.49. The standard InChI is InChI=1S/C19H17NO/c1-2-8-16(9-3-1)19(18-11-6-14-20-18)13-12-15-7-4-5-10-17(15)21-19/h1-11,14,20H,12-13H2. The number of nitrogens with one attached hydrogen (secondary N) is 1. The molecule has 0 saturated carbocycles. The van der Waals surface area contributed by atoms with Crippen molar-refractivity contribution in [2.45, 2.75) is 18.4 Å². The Morgan fingerprint density at radius 1 is 0.857 bits per heavy atom.